The first-order chi connectivity index (χ1) is 6.29. The van der Waals surface area contributed by atoms with Crippen molar-refractivity contribution >= 4 is 0 Å². The molecule has 0 heterocycles. The third-order valence-corrected chi connectivity index (χ3v) is 0.269. The van der Waals surface area contributed by atoms with E-state index in [0.717, 1.165) is 0 Å². The lowest BCUT2D eigenvalue weighted by molar-refractivity contribution is 0.308. The van der Waals surface area contributed by atoms with Crippen LogP contribution in [-0.2, 0) is 0 Å². The van der Waals surface area contributed by atoms with Crippen LogP contribution in [0.4, 0.5) is 30.7 Å². The fourth-order valence-corrected chi connectivity index (χ4v) is 0. The lowest BCUT2D eigenvalue weighted by Gasteiger charge is -1.69. The van der Waals surface area contributed by atoms with Crippen molar-refractivity contribution in [2.45, 2.75) is 6.92 Å². The monoisotopic (exact) mass is 224 g/mol. The minimum Gasteiger partial charge on any atom is -0.216 e. The van der Waals surface area contributed by atoms with Crippen LogP contribution in [0.5, 0.6) is 0 Å². The van der Waals surface area contributed by atoms with E-state index in [9.17, 15) is 30.7 Å². The van der Waals surface area contributed by atoms with Crippen LogP contribution in [0.3, 0.4) is 0 Å². The van der Waals surface area contributed by atoms with Crippen molar-refractivity contribution in [3.05, 3.63) is 37.2 Å². The van der Waals surface area contributed by atoms with Crippen molar-refractivity contribution in [2.24, 2.45) is 0 Å². The van der Waals surface area contributed by atoms with Gasteiger partial charge >= 0.3 is 12.2 Å². The highest BCUT2D eigenvalue weighted by Gasteiger charge is 1.98. The number of rotatable bonds is 0. The maximum absolute atomic E-state index is 10.5. The van der Waals surface area contributed by atoms with E-state index in [0.29, 0.717) is 6.33 Å². The molecule has 0 fully saturated rings. The average Bonchev–Trinajstić information content (AvgIpc) is 2.03. The summed E-state index contributed by atoms with van der Waals surface area (Å²) in [6, 6.07) is 0. The summed E-state index contributed by atoms with van der Waals surface area (Å²) in [5.74, 6) is 0. The lowest BCUT2D eigenvalue weighted by Crippen LogP contribution is -1.56. The van der Waals surface area contributed by atoms with Crippen molar-refractivity contribution in [3.8, 4) is 0 Å². The van der Waals surface area contributed by atoms with Gasteiger partial charge in [-0.25, -0.2) is 4.39 Å². The SMILES string of the molecule is C=C(F)F.CC=CF.FC(F)=C(F)F. The largest absolute Gasteiger partial charge is 0.334 e. The molecular formula is C7H7F7. The zero-order valence-corrected chi connectivity index (χ0v) is 7.01. The Morgan fingerprint density at radius 1 is 0.929 bits per heavy atom. The molecule has 0 nitrogen and oxygen atoms in total. The molecule has 0 radical (unpaired) electrons. The van der Waals surface area contributed by atoms with Crippen LogP contribution in [0.15, 0.2) is 37.2 Å². The van der Waals surface area contributed by atoms with Gasteiger partial charge in [0.15, 0.2) is 0 Å². The quantitative estimate of drug-likeness (QED) is 0.514. The third-order valence-electron chi connectivity index (χ3n) is 0.269. The van der Waals surface area contributed by atoms with E-state index in [1.165, 1.54) is 6.08 Å². The van der Waals surface area contributed by atoms with Crippen LogP contribution in [0.25, 0.3) is 0 Å². The van der Waals surface area contributed by atoms with Gasteiger partial charge in [0.05, 0.1) is 6.33 Å². The number of allylic oxidation sites excluding steroid dienone is 1. The Morgan fingerprint density at radius 3 is 1.07 bits per heavy atom. The molecule has 0 aromatic carbocycles. The minimum atomic E-state index is -2.91. The second kappa shape index (κ2) is 14.3. The first kappa shape index (κ1) is 18.5. The zero-order valence-electron chi connectivity index (χ0n) is 7.01. The molecule has 0 spiro atoms. The highest BCUT2D eigenvalue weighted by atomic mass is 19.3. The first-order valence-electron chi connectivity index (χ1n) is 2.87. The fourth-order valence-electron chi connectivity index (χ4n) is 0. The second-order valence-corrected chi connectivity index (χ2v) is 1.32. The summed E-state index contributed by atoms with van der Waals surface area (Å²) < 4.78 is 72.0. The Kier molecular flexibility index (Phi) is 18.9. The molecule has 0 aliphatic carbocycles. The van der Waals surface area contributed by atoms with Gasteiger partial charge in [0.25, 0.3) is 6.08 Å². The second-order valence-electron chi connectivity index (χ2n) is 1.32. The standard InChI is InChI=1S/C3H5F.C2F4.C2H2F2/c1-2-3-4;3-1(4)2(5)6;1-2(3)4/h2-3H,1H3;;1H2. The van der Waals surface area contributed by atoms with Gasteiger partial charge in [0.1, 0.15) is 0 Å². The summed E-state index contributed by atoms with van der Waals surface area (Å²) in [6.45, 7) is 3.85. The Bertz CT molecular complexity index is 168. The molecule has 14 heavy (non-hydrogen) atoms. The highest BCUT2D eigenvalue weighted by Crippen LogP contribution is 2.08. The molecule has 0 aromatic rings. The Labute approximate surface area is 76.0 Å². The maximum atomic E-state index is 10.5. The van der Waals surface area contributed by atoms with Crippen molar-refractivity contribution in [1.29, 1.82) is 0 Å². The molecule has 0 aromatic heterocycles. The Balaban J connectivity index is -0.000000135. The predicted molar refractivity (Wildman–Crippen MR) is 38.7 cm³/mol. The van der Waals surface area contributed by atoms with E-state index in [4.69, 9.17) is 0 Å². The molecule has 0 saturated heterocycles. The highest BCUT2D eigenvalue weighted by molar-refractivity contribution is 4.77. The van der Waals surface area contributed by atoms with E-state index in [-0.39, 0.29) is 0 Å². The predicted octanol–water partition coefficient (Wildman–Crippen LogP) is 4.88. The Morgan fingerprint density at radius 2 is 1.07 bits per heavy atom. The van der Waals surface area contributed by atoms with Crippen LogP contribution in [0.1, 0.15) is 6.92 Å². The van der Waals surface area contributed by atoms with Gasteiger partial charge in [-0.05, 0) is 13.5 Å². The number of hydrogen-bond acceptors (Lipinski definition) is 0. The molecule has 0 amide bonds. The first-order valence-corrected chi connectivity index (χ1v) is 2.87. The van der Waals surface area contributed by atoms with E-state index < -0.39 is 18.2 Å². The average molecular weight is 224 g/mol. The summed E-state index contributed by atoms with van der Waals surface area (Å²) in [4.78, 5) is 0. The van der Waals surface area contributed by atoms with E-state index in [2.05, 4.69) is 6.58 Å². The topological polar surface area (TPSA) is 0 Å². The fraction of sp³-hybridized carbons (Fsp3) is 0.143. The minimum absolute atomic E-state index is 0.500. The molecule has 0 bridgehead atoms. The van der Waals surface area contributed by atoms with Crippen molar-refractivity contribution in [2.75, 3.05) is 0 Å². The molecule has 0 aliphatic rings. The molecule has 0 unspecified atom stereocenters. The zero-order chi connectivity index (χ0) is 12.1. The molecule has 0 saturated carbocycles. The summed E-state index contributed by atoms with van der Waals surface area (Å²) in [5, 5.41) is 0. The number of halogens is 7. The molecule has 84 valence electrons. The van der Waals surface area contributed by atoms with Crippen LogP contribution < -0.4 is 0 Å². The smallest absolute Gasteiger partial charge is 0.216 e. The van der Waals surface area contributed by atoms with Gasteiger partial charge in [-0.3, -0.25) is 0 Å². The van der Waals surface area contributed by atoms with E-state index in [1.54, 1.807) is 6.92 Å². The summed E-state index contributed by atoms with van der Waals surface area (Å²) in [7, 11) is 0. The molecule has 0 atom stereocenters. The van der Waals surface area contributed by atoms with Gasteiger partial charge in [0.2, 0.25) is 0 Å². The van der Waals surface area contributed by atoms with Crippen LogP contribution in [0, 0.1) is 0 Å². The van der Waals surface area contributed by atoms with Crippen LogP contribution >= 0.6 is 0 Å². The summed E-state index contributed by atoms with van der Waals surface area (Å²) in [6.07, 6.45) is -5.81. The molecule has 7 heteroatoms. The van der Waals surface area contributed by atoms with Gasteiger partial charge in [-0.15, -0.1) is 0 Å². The van der Waals surface area contributed by atoms with E-state index >= 15 is 0 Å². The van der Waals surface area contributed by atoms with Crippen molar-refractivity contribution in [1.82, 2.24) is 0 Å². The van der Waals surface area contributed by atoms with Gasteiger partial charge in [-0.1, -0.05) is 6.08 Å². The summed E-state index contributed by atoms with van der Waals surface area (Å²) >= 11 is 0. The van der Waals surface area contributed by atoms with Gasteiger partial charge in [0, 0.05) is 0 Å². The molecule has 0 aliphatic heterocycles. The van der Waals surface area contributed by atoms with Crippen molar-refractivity contribution in [3.63, 3.8) is 0 Å². The van der Waals surface area contributed by atoms with Crippen molar-refractivity contribution < 1.29 is 30.7 Å². The molecular weight excluding hydrogens is 217 g/mol. The molecule has 0 N–H and O–H groups in total. The summed E-state index contributed by atoms with van der Waals surface area (Å²) in [5.41, 5.74) is 0. The van der Waals surface area contributed by atoms with Crippen LogP contribution in [-0.4, -0.2) is 0 Å². The normalized spacial score (nSPS) is 8.00. The van der Waals surface area contributed by atoms with E-state index in [1.807, 2.05) is 0 Å². The van der Waals surface area contributed by atoms with Gasteiger partial charge < -0.3 is 0 Å². The lowest BCUT2D eigenvalue weighted by atomic mass is 10.8. The Hall–Kier alpha value is -1.27. The number of hydrogen-bond donors (Lipinski definition) is 0. The van der Waals surface area contributed by atoms with Gasteiger partial charge in [-0.2, -0.15) is 26.3 Å². The molecule has 0 rings (SSSR count). The maximum Gasteiger partial charge on any atom is 0.334 e. The third kappa shape index (κ3) is 73.0. The van der Waals surface area contributed by atoms with Crippen LogP contribution in [0.2, 0.25) is 0 Å².